The van der Waals surface area contributed by atoms with Crippen LogP contribution in [0.3, 0.4) is 0 Å². The SMILES string of the molecule is COC(=O)c1ccc(C)c(NC(=O)COC(=O)c2ccccc2SC(F)F)c1. The van der Waals surface area contributed by atoms with Gasteiger partial charge in [-0.25, -0.2) is 9.59 Å². The number of esters is 2. The molecule has 1 amide bonds. The number of halogens is 2. The minimum absolute atomic E-state index is 0.0514. The molecule has 0 aliphatic rings. The van der Waals surface area contributed by atoms with Gasteiger partial charge in [-0.15, -0.1) is 0 Å². The average molecular weight is 409 g/mol. The predicted octanol–water partition coefficient (Wildman–Crippen LogP) is 3.89. The third-order valence-electron chi connectivity index (χ3n) is 3.59. The number of benzene rings is 2. The lowest BCUT2D eigenvalue weighted by Gasteiger charge is -2.11. The van der Waals surface area contributed by atoms with Gasteiger partial charge in [-0.1, -0.05) is 30.0 Å². The predicted molar refractivity (Wildman–Crippen MR) is 99.7 cm³/mol. The van der Waals surface area contributed by atoms with Crippen molar-refractivity contribution in [2.24, 2.45) is 0 Å². The number of carbonyl (C=O) groups is 3. The minimum atomic E-state index is -2.69. The number of anilines is 1. The molecule has 0 atom stereocenters. The molecule has 0 heterocycles. The first-order valence-electron chi connectivity index (χ1n) is 8.01. The molecule has 0 spiro atoms. The molecule has 0 unspecified atom stereocenters. The Morgan fingerprint density at radius 2 is 1.82 bits per heavy atom. The molecule has 0 aliphatic heterocycles. The Morgan fingerprint density at radius 1 is 1.11 bits per heavy atom. The fraction of sp³-hybridized carbons (Fsp3) is 0.211. The van der Waals surface area contributed by atoms with Crippen molar-refractivity contribution in [3.63, 3.8) is 0 Å². The second kappa shape index (κ2) is 9.84. The van der Waals surface area contributed by atoms with E-state index < -0.39 is 30.2 Å². The highest BCUT2D eigenvalue weighted by molar-refractivity contribution is 7.99. The summed E-state index contributed by atoms with van der Waals surface area (Å²) in [5.41, 5.74) is 1.24. The average Bonchev–Trinajstić information content (AvgIpc) is 2.67. The summed E-state index contributed by atoms with van der Waals surface area (Å²) < 4.78 is 34.7. The standard InChI is InChI=1S/C19H17F2NO5S/c1-11-7-8-12(17(24)26-2)9-14(11)22-16(23)10-27-18(25)13-5-3-4-6-15(13)28-19(20)21/h3-9,19H,10H2,1-2H3,(H,22,23). The smallest absolute Gasteiger partial charge is 0.339 e. The Bertz CT molecular complexity index is 888. The van der Waals surface area contributed by atoms with Gasteiger partial charge in [0.15, 0.2) is 6.61 Å². The number of rotatable bonds is 7. The molecule has 0 saturated heterocycles. The van der Waals surface area contributed by atoms with Crippen molar-refractivity contribution in [3.05, 3.63) is 59.2 Å². The van der Waals surface area contributed by atoms with Crippen molar-refractivity contribution in [2.45, 2.75) is 17.6 Å². The van der Waals surface area contributed by atoms with Crippen LogP contribution in [0, 0.1) is 6.92 Å². The molecule has 0 aliphatic carbocycles. The molecule has 148 valence electrons. The Balaban J connectivity index is 2.02. The van der Waals surface area contributed by atoms with E-state index in [0.717, 1.165) is 0 Å². The molecule has 9 heteroatoms. The number of alkyl halides is 2. The summed E-state index contributed by atoms with van der Waals surface area (Å²) in [6.45, 7) is 1.11. The molecule has 0 bridgehead atoms. The monoisotopic (exact) mass is 409 g/mol. The molecule has 0 aromatic heterocycles. The van der Waals surface area contributed by atoms with Crippen molar-refractivity contribution in [1.29, 1.82) is 0 Å². The quantitative estimate of drug-likeness (QED) is 0.552. The normalized spacial score (nSPS) is 10.5. The van der Waals surface area contributed by atoms with E-state index >= 15 is 0 Å². The second-order valence-electron chi connectivity index (χ2n) is 5.52. The molecule has 0 fully saturated rings. The molecular formula is C19H17F2NO5S. The molecule has 2 aromatic rings. The summed E-state index contributed by atoms with van der Waals surface area (Å²) in [7, 11) is 1.24. The van der Waals surface area contributed by atoms with Gasteiger partial charge in [-0.2, -0.15) is 8.78 Å². The Labute approximate surface area is 164 Å². The zero-order valence-electron chi connectivity index (χ0n) is 15.0. The van der Waals surface area contributed by atoms with E-state index in [2.05, 4.69) is 10.1 Å². The van der Waals surface area contributed by atoms with Crippen LogP contribution in [0.2, 0.25) is 0 Å². The van der Waals surface area contributed by atoms with Crippen LogP contribution in [0.25, 0.3) is 0 Å². The summed E-state index contributed by atoms with van der Waals surface area (Å²) in [5, 5.41) is 2.53. The van der Waals surface area contributed by atoms with E-state index in [1.165, 1.54) is 37.4 Å². The van der Waals surface area contributed by atoms with E-state index in [4.69, 9.17) is 4.74 Å². The molecule has 0 saturated carbocycles. The maximum absolute atomic E-state index is 12.6. The van der Waals surface area contributed by atoms with Crippen LogP contribution in [0.15, 0.2) is 47.4 Å². The van der Waals surface area contributed by atoms with E-state index in [1.807, 2.05) is 0 Å². The Morgan fingerprint density at radius 3 is 2.50 bits per heavy atom. The van der Waals surface area contributed by atoms with Crippen molar-refractivity contribution >= 4 is 35.3 Å². The van der Waals surface area contributed by atoms with Gasteiger partial charge in [0, 0.05) is 10.6 Å². The van der Waals surface area contributed by atoms with Crippen molar-refractivity contribution in [3.8, 4) is 0 Å². The van der Waals surface area contributed by atoms with Crippen LogP contribution < -0.4 is 5.32 Å². The number of nitrogens with one attached hydrogen (secondary N) is 1. The van der Waals surface area contributed by atoms with Gasteiger partial charge >= 0.3 is 11.9 Å². The van der Waals surface area contributed by atoms with Crippen LogP contribution in [-0.2, 0) is 14.3 Å². The Kier molecular flexibility index (Phi) is 7.51. The zero-order chi connectivity index (χ0) is 20.7. The number of thioether (sulfide) groups is 1. The maximum Gasteiger partial charge on any atom is 0.339 e. The van der Waals surface area contributed by atoms with Gasteiger partial charge in [-0.05, 0) is 36.8 Å². The largest absolute Gasteiger partial charge is 0.465 e. The minimum Gasteiger partial charge on any atom is -0.465 e. The number of hydrogen-bond acceptors (Lipinski definition) is 6. The van der Waals surface area contributed by atoms with E-state index in [0.29, 0.717) is 11.3 Å². The van der Waals surface area contributed by atoms with Crippen molar-refractivity contribution < 1.29 is 32.6 Å². The fourth-order valence-corrected chi connectivity index (χ4v) is 2.86. The molecule has 6 nitrogen and oxygen atoms in total. The number of ether oxygens (including phenoxy) is 2. The van der Waals surface area contributed by atoms with Gasteiger partial charge in [-0.3, -0.25) is 4.79 Å². The van der Waals surface area contributed by atoms with Crippen LogP contribution in [-0.4, -0.2) is 37.3 Å². The molecule has 2 aromatic carbocycles. The number of methoxy groups -OCH3 is 1. The maximum atomic E-state index is 12.6. The molecule has 1 N–H and O–H groups in total. The Hall–Kier alpha value is -2.94. The highest BCUT2D eigenvalue weighted by Gasteiger charge is 2.18. The summed E-state index contributed by atoms with van der Waals surface area (Å²) >= 11 is 0.220. The van der Waals surface area contributed by atoms with Crippen LogP contribution in [0.4, 0.5) is 14.5 Å². The summed E-state index contributed by atoms with van der Waals surface area (Å²) in [5.74, 6) is -4.78. The van der Waals surface area contributed by atoms with Crippen molar-refractivity contribution in [2.75, 3.05) is 19.0 Å². The van der Waals surface area contributed by atoms with E-state index in [-0.39, 0.29) is 27.8 Å². The summed E-state index contributed by atoms with van der Waals surface area (Å²) in [6.07, 6.45) is 0. The third-order valence-corrected chi connectivity index (χ3v) is 4.38. The summed E-state index contributed by atoms with van der Waals surface area (Å²) in [4.78, 5) is 35.9. The highest BCUT2D eigenvalue weighted by atomic mass is 32.2. The van der Waals surface area contributed by atoms with Crippen LogP contribution >= 0.6 is 11.8 Å². The van der Waals surface area contributed by atoms with Gasteiger partial charge in [0.25, 0.3) is 11.7 Å². The summed E-state index contributed by atoms with van der Waals surface area (Å²) in [6, 6.07) is 10.4. The fourth-order valence-electron chi connectivity index (χ4n) is 2.23. The molecule has 2 rings (SSSR count). The number of carbonyl (C=O) groups excluding carboxylic acids is 3. The van der Waals surface area contributed by atoms with Crippen LogP contribution in [0.5, 0.6) is 0 Å². The lowest BCUT2D eigenvalue weighted by Crippen LogP contribution is -2.22. The lowest BCUT2D eigenvalue weighted by atomic mass is 10.1. The number of hydrogen-bond donors (Lipinski definition) is 1. The topological polar surface area (TPSA) is 81.7 Å². The van der Waals surface area contributed by atoms with Crippen LogP contribution in [0.1, 0.15) is 26.3 Å². The van der Waals surface area contributed by atoms with Gasteiger partial charge in [0.1, 0.15) is 0 Å². The lowest BCUT2D eigenvalue weighted by molar-refractivity contribution is -0.119. The first kappa shape index (κ1) is 21.4. The highest BCUT2D eigenvalue weighted by Crippen LogP contribution is 2.28. The number of aryl methyl sites for hydroxylation is 1. The third kappa shape index (κ3) is 5.78. The van der Waals surface area contributed by atoms with Gasteiger partial charge < -0.3 is 14.8 Å². The van der Waals surface area contributed by atoms with E-state index in [1.54, 1.807) is 19.1 Å². The van der Waals surface area contributed by atoms with Gasteiger partial charge in [0.05, 0.1) is 18.2 Å². The first-order valence-corrected chi connectivity index (χ1v) is 8.89. The zero-order valence-corrected chi connectivity index (χ0v) is 15.8. The molecule has 28 heavy (non-hydrogen) atoms. The van der Waals surface area contributed by atoms with Gasteiger partial charge in [0.2, 0.25) is 0 Å². The van der Waals surface area contributed by atoms with E-state index in [9.17, 15) is 23.2 Å². The first-order chi connectivity index (χ1) is 13.3. The van der Waals surface area contributed by atoms with Crippen molar-refractivity contribution in [1.82, 2.24) is 0 Å². The number of amides is 1. The molecule has 0 radical (unpaired) electrons. The molecular weight excluding hydrogens is 392 g/mol. The second-order valence-corrected chi connectivity index (χ2v) is 6.55.